The molecule has 0 aromatic carbocycles. The van der Waals surface area contributed by atoms with Gasteiger partial charge in [-0.3, -0.25) is 9.59 Å². The van der Waals surface area contributed by atoms with Crippen LogP contribution in [0.4, 0.5) is 0 Å². The average molecular weight is 320 g/mol. The van der Waals surface area contributed by atoms with E-state index in [4.69, 9.17) is 9.47 Å². The number of hydrogen-bond acceptors (Lipinski definition) is 4. The van der Waals surface area contributed by atoms with Gasteiger partial charge in [0.25, 0.3) is 0 Å². The molecule has 0 bridgehead atoms. The summed E-state index contributed by atoms with van der Waals surface area (Å²) < 4.78 is 10.8. The first-order valence-electron chi connectivity index (χ1n) is 8.05. The number of esters is 2. The second kappa shape index (κ2) is 8.70. The molecule has 0 amide bonds. The van der Waals surface area contributed by atoms with Crippen LogP contribution in [0, 0.1) is 5.92 Å². The third-order valence-corrected chi connectivity index (χ3v) is 4.26. The highest BCUT2D eigenvalue weighted by molar-refractivity contribution is 5.67. The van der Waals surface area contributed by atoms with Crippen molar-refractivity contribution in [1.82, 2.24) is 0 Å². The van der Waals surface area contributed by atoms with Crippen molar-refractivity contribution in [3.8, 4) is 0 Å². The summed E-state index contributed by atoms with van der Waals surface area (Å²) in [5.41, 5.74) is 2.82. The summed E-state index contributed by atoms with van der Waals surface area (Å²) in [4.78, 5) is 22.7. The van der Waals surface area contributed by atoms with Gasteiger partial charge >= 0.3 is 11.9 Å². The summed E-state index contributed by atoms with van der Waals surface area (Å²) in [6.45, 7) is 17.0. The maximum atomic E-state index is 11.4. The molecular formula is C19H28O4. The van der Waals surface area contributed by atoms with E-state index in [2.05, 4.69) is 19.7 Å². The molecule has 128 valence electrons. The summed E-state index contributed by atoms with van der Waals surface area (Å²) in [7, 11) is 0. The first-order chi connectivity index (χ1) is 10.7. The predicted molar refractivity (Wildman–Crippen MR) is 90.8 cm³/mol. The SMILES string of the molecule is C=C1CC[C@H](C(=C)C)C[C@H](OC(C)=O)C(=C)CCC1OC(C)=O. The van der Waals surface area contributed by atoms with Gasteiger partial charge in [-0.05, 0) is 56.1 Å². The van der Waals surface area contributed by atoms with Gasteiger partial charge in [0.2, 0.25) is 0 Å². The van der Waals surface area contributed by atoms with Gasteiger partial charge in [-0.2, -0.15) is 0 Å². The zero-order valence-electron chi connectivity index (χ0n) is 14.5. The van der Waals surface area contributed by atoms with Crippen molar-refractivity contribution < 1.29 is 19.1 Å². The van der Waals surface area contributed by atoms with Crippen molar-refractivity contribution in [1.29, 1.82) is 0 Å². The molecule has 0 N–H and O–H groups in total. The smallest absolute Gasteiger partial charge is 0.303 e. The van der Waals surface area contributed by atoms with Gasteiger partial charge < -0.3 is 9.47 Å². The van der Waals surface area contributed by atoms with Crippen LogP contribution in [0.1, 0.15) is 52.9 Å². The number of ether oxygens (including phenoxy) is 2. The van der Waals surface area contributed by atoms with Crippen molar-refractivity contribution in [3.05, 3.63) is 36.5 Å². The molecule has 0 aliphatic heterocycles. The second-order valence-corrected chi connectivity index (χ2v) is 6.37. The molecular weight excluding hydrogens is 292 g/mol. The van der Waals surface area contributed by atoms with Crippen LogP contribution >= 0.6 is 0 Å². The van der Waals surface area contributed by atoms with Crippen molar-refractivity contribution in [2.45, 2.75) is 65.1 Å². The minimum Gasteiger partial charge on any atom is -0.458 e. The Kier molecular flexibility index (Phi) is 7.27. The maximum absolute atomic E-state index is 11.4. The molecule has 0 saturated heterocycles. The highest BCUT2D eigenvalue weighted by Crippen LogP contribution is 2.32. The monoisotopic (exact) mass is 320 g/mol. The normalized spacial score (nSPS) is 26.3. The number of rotatable bonds is 3. The van der Waals surface area contributed by atoms with E-state index in [1.807, 2.05) is 6.92 Å². The summed E-state index contributed by atoms with van der Waals surface area (Å²) in [6, 6.07) is 0. The van der Waals surface area contributed by atoms with Gasteiger partial charge in [-0.1, -0.05) is 25.3 Å². The fraction of sp³-hybridized carbons (Fsp3) is 0.579. The molecule has 23 heavy (non-hydrogen) atoms. The minimum atomic E-state index is -0.321. The van der Waals surface area contributed by atoms with E-state index in [-0.39, 0.29) is 30.1 Å². The highest BCUT2D eigenvalue weighted by Gasteiger charge is 2.26. The Bertz CT molecular complexity index is 503. The van der Waals surface area contributed by atoms with Crippen LogP contribution in [0.5, 0.6) is 0 Å². The Balaban J connectivity index is 2.96. The van der Waals surface area contributed by atoms with Crippen molar-refractivity contribution >= 4 is 11.9 Å². The van der Waals surface area contributed by atoms with Gasteiger partial charge in [-0.15, -0.1) is 0 Å². The Morgan fingerprint density at radius 2 is 1.39 bits per heavy atom. The summed E-state index contributed by atoms with van der Waals surface area (Å²) >= 11 is 0. The Morgan fingerprint density at radius 1 is 0.913 bits per heavy atom. The number of carbonyl (C=O) groups is 2. The van der Waals surface area contributed by atoms with E-state index in [1.165, 1.54) is 13.8 Å². The van der Waals surface area contributed by atoms with Crippen molar-refractivity contribution in [2.24, 2.45) is 5.92 Å². The van der Waals surface area contributed by atoms with Crippen LogP contribution < -0.4 is 0 Å². The van der Waals surface area contributed by atoms with E-state index in [9.17, 15) is 9.59 Å². The topological polar surface area (TPSA) is 52.6 Å². The molecule has 1 unspecified atom stereocenters. The molecule has 1 saturated carbocycles. The Morgan fingerprint density at radius 3 is 1.91 bits per heavy atom. The molecule has 0 aromatic heterocycles. The molecule has 1 aliphatic rings. The zero-order chi connectivity index (χ0) is 17.6. The van der Waals surface area contributed by atoms with E-state index >= 15 is 0 Å². The second-order valence-electron chi connectivity index (χ2n) is 6.37. The minimum absolute atomic E-state index is 0.212. The van der Waals surface area contributed by atoms with Crippen molar-refractivity contribution in [3.63, 3.8) is 0 Å². The van der Waals surface area contributed by atoms with Crippen molar-refractivity contribution in [2.75, 3.05) is 0 Å². The van der Waals surface area contributed by atoms with Gasteiger partial charge in [0.1, 0.15) is 12.2 Å². The quantitative estimate of drug-likeness (QED) is 0.580. The molecule has 1 fully saturated rings. The molecule has 4 heteroatoms. The van der Waals surface area contributed by atoms with Crippen LogP contribution in [0.15, 0.2) is 36.5 Å². The molecule has 3 atom stereocenters. The lowest BCUT2D eigenvalue weighted by molar-refractivity contribution is -0.145. The zero-order valence-corrected chi connectivity index (χ0v) is 14.5. The number of hydrogen-bond donors (Lipinski definition) is 0. The van der Waals surface area contributed by atoms with Gasteiger partial charge in [0.15, 0.2) is 0 Å². The molecule has 1 aliphatic carbocycles. The lowest BCUT2D eigenvalue weighted by atomic mass is 9.83. The van der Waals surface area contributed by atoms with E-state index in [0.29, 0.717) is 19.3 Å². The largest absolute Gasteiger partial charge is 0.458 e. The van der Waals surface area contributed by atoms with E-state index in [1.54, 1.807) is 0 Å². The average Bonchev–Trinajstić information content (AvgIpc) is 2.43. The Hall–Kier alpha value is -1.84. The standard InChI is InChI=1S/C19H28O4/c1-12(2)17-9-7-13(3)18(22-15(5)20)10-8-14(4)19(11-17)23-16(6)21/h17-19H,1,3-4,7-11H2,2,5-6H3/t17-,18?,19-/m0/s1. The predicted octanol–water partition coefficient (Wildman–Crippen LogP) is 4.12. The third-order valence-electron chi connectivity index (χ3n) is 4.26. The molecule has 0 spiro atoms. The lowest BCUT2D eigenvalue weighted by Crippen LogP contribution is -2.26. The molecule has 0 heterocycles. The van der Waals surface area contributed by atoms with E-state index in [0.717, 1.165) is 29.6 Å². The lowest BCUT2D eigenvalue weighted by Gasteiger charge is -2.29. The van der Waals surface area contributed by atoms with Crippen LogP contribution in [0.25, 0.3) is 0 Å². The molecule has 0 radical (unpaired) electrons. The molecule has 0 aromatic rings. The third kappa shape index (κ3) is 6.43. The molecule has 1 rings (SSSR count). The van der Waals surface area contributed by atoms with Crippen LogP contribution in [-0.4, -0.2) is 24.1 Å². The summed E-state index contributed by atoms with van der Waals surface area (Å²) in [5.74, 6) is -0.412. The van der Waals surface area contributed by atoms with Crippen LogP contribution in [0.2, 0.25) is 0 Å². The van der Waals surface area contributed by atoms with Gasteiger partial charge in [0, 0.05) is 13.8 Å². The first-order valence-corrected chi connectivity index (χ1v) is 8.05. The highest BCUT2D eigenvalue weighted by atomic mass is 16.5. The number of carbonyl (C=O) groups excluding carboxylic acids is 2. The maximum Gasteiger partial charge on any atom is 0.303 e. The Labute approximate surface area is 139 Å². The van der Waals surface area contributed by atoms with Crippen LogP contribution in [-0.2, 0) is 19.1 Å². The van der Waals surface area contributed by atoms with Crippen LogP contribution in [0.3, 0.4) is 0 Å². The summed E-state index contributed by atoms with van der Waals surface area (Å²) in [6.07, 6.45) is 2.90. The first kappa shape index (κ1) is 19.2. The van der Waals surface area contributed by atoms with Gasteiger partial charge in [0.05, 0.1) is 0 Å². The number of allylic oxidation sites excluding steroid dienone is 1. The molecule has 4 nitrogen and oxygen atoms in total. The van der Waals surface area contributed by atoms with E-state index < -0.39 is 0 Å². The fourth-order valence-electron chi connectivity index (χ4n) is 2.87. The summed E-state index contributed by atoms with van der Waals surface area (Å²) in [5, 5.41) is 0. The van der Waals surface area contributed by atoms with Gasteiger partial charge in [-0.25, -0.2) is 0 Å². The fourth-order valence-corrected chi connectivity index (χ4v) is 2.87.